The number of aromatic amines is 1. The summed E-state index contributed by atoms with van der Waals surface area (Å²) in [5.41, 5.74) is 1.57. The normalized spacial score (nSPS) is 19.3. The Morgan fingerprint density at radius 1 is 1.34 bits per heavy atom. The number of hydrogen-bond acceptors (Lipinski definition) is 6. The average Bonchev–Trinajstić information content (AvgIpc) is 3.36. The van der Waals surface area contributed by atoms with Gasteiger partial charge in [0, 0.05) is 36.9 Å². The molecule has 1 aliphatic rings. The van der Waals surface area contributed by atoms with Crippen molar-refractivity contribution in [2.24, 2.45) is 0 Å². The van der Waals surface area contributed by atoms with E-state index in [0.29, 0.717) is 24.5 Å². The Morgan fingerprint density at radius 3 is 2.84 bits per heavy atom. The van der Waals surface area contributed by atoms with E-state index in [9.17, 15) is 18.4 Å². The first-order valence-electron chi connectivity index (χ1n) is 10.3. The van der Waals surface area contributed by atoms with Gasteiger partial charge in [-0.05, 0) is 37.8 Å². The van der Waals surface area contributed by atoms with E-state index in [1.54, 1.807) is 24.4 Å². The highest BCUT2D eigenvalue weighted by Crippen LogP contribution is 2.36. The summed E-state index contributed by atoms with van der Waals surface area (Å²) in [6.45, 7) is 1.97. The van der Waals surface area contributed by atoms with Crippen molar-refractivity contribution in [3.8, 4) is 5.88 Å². The molecule has 0 spiro atoms. The van der Waals surface area contributed by atoms with Crippen molar-refractivity contribution >= 4 is 17.8 Å². The van der Waals surface area contributed by atoms with Crippen LogP contribution in [0, 0.1) is 0 Å². The van der Waals surface area contributed by atoms with Gasteiger partial charge < -0.3 is 20.1 Å². The lowest BCUT2D eigenvalue weighted by Gasteiger charge is -2.21. The Hall–Kier alpha value is -3.24. The van der Waals surface area contributed by atoms with Crippen molar-refractivity contribution in [2.75, 3.05) is 12.4 Å². The quantitative estimate of drug-likeness (QED) is 0.566. The zero-order valence-corrected chi connectivity index (χ0v) is 18.2. The van der Waals surface area contributed by atoms with Crippen molar-refractivity contribution < 1.29 is 27.8 Å². The Labute approximate surface area is 184 Å². The van der Waals surface area contributed by atoms with Gasteiger partial charge >= 0.3 is 6.09 Å². The Kier molecular flexibility index (Phi) is 7.26. The van der Waals surface area contributed by atoms with Crippen LogP contribution in [0.4, 0.5) is 19.4 Å². The van der Waals surface area contributed by atoms with E-state index in [-0.39, 0.29) is 24.3 Å². The Balaban J connectivity index is 1.48. The molecule has 11 heteroatoms. The van der Waals surface area contributed by atoms with Gasteiger partial charge in [0.2, 0.25) is 11.8 Å². The second-order valence-corrected chi connectivity index (χ2v) is 8.00. The number of methoxy groups -OCH3 is 1. The molecule has 3 N–H and O–H groups in total. The first-order chi connectivity index (χ1) is 15.1. The third-order valence-corrected chi connectivity index (χ3v) is 5.43. The largest absolute Gasteiger partial charge is 0.481 e. The van der Waals surface area contributed by atoms with Gasteiger partial charge in [-0.3, -0.25) is 9.89 Å². The first-order valence-corrected chi connectivity index (χ1v) is 10.3. The van der Waals surface area contributed by atoms with Crippen LogP contribution in [-0.2, 0) is 16.0 Å². The number of rotatable bonds is 8. The third kappa shape index (κ3) is 6.38. The van der Waals surface area contributed by atoms with Gasteiger partial charge in [-0.1, -0.05) is 0 Å². The number of aromatic nitrogens is 3. The van der Waals surface area contributed by atoms with Gasteiger partial charge in [0.25, 0.3) is 5.92 Å². The van der Waals surface area contributed by atoms with E-state index < -0.39 is 18.1 Å². The van der Waals surface area contributed by atoms with Crippen molar-refractivity contribution in [2.45, 2.75) is 63.5 Å². The fraction of sp³-hybridized carbons (Fsp3) is 0.524. The van der Waals surface area contributed by atoms with Crippen LogP contribution in [0.2, 0.25) is 0 Å². The zero-order chi connectivity index (χ0) is 23.3. The van der Waals surface area contributed by atoms with Gasteiger partial charge in [0.1, 0.15) is 6.10 Å². The number of hydrogen-bond donors (Lipinski definition) is 3. The molecule has 0 aliphatic heterocycles. The molecule has 3 atom stereocenters. The lowest BCUT2D eigenvalue weighted by molar-refractivity contribution is -0.115. The number of nitrogens with one attached hydrogen (secondary N) is 3. The molecule has 0 bridgehead atoms. The van der Waals surface area contributed by atoms with Crippen LogP contribution in [0.1, 0.15) is 50.3 Å². The Bertz CT molecular complexity index is 946. The van der Waals surface area contributed by atoms with Crippen molar-refractivity contribution in [1.29, 1.82) is 0 Å². The van der Waals surface area contributed by atoms with Crippen LogP contribution in [0.25, 0.3) is 0 Å². The minimum absolute atomic E-state index is 0.0560. The summed E-state index contributed by atoms with van der Waals surface area (Å²) in [5, 5.41) is 11.9. The summed E-state index contributed by atoms with van der Waals surface area (Å²) < 4.78 is 36.7. The summed E-state index contributed by atoms with van der Waals surface area (Å²) in [5.74, 6) is -2.38. The second-order valence-electron chi connectivity index (χ2n) is 8.00. The summed E-state index contributed by atoms with van der Waals surface area (Å²) in [7, 11) is 1.51. The summed E-state index contributed by atoms with van der Waals surface area (Å²) in [6.07, 6.45) is 2.38. The molecule has 174 valence electrons. The molecule has 2 heterocycles. The monoisotopic (exact) mass is 451 g/mol. The van der Waals surface area contributed by atoms with E-state index in [0.717, 1.165) is 24.6 Å². The number of H-pyrrole nitrogens is 1. The number of halogens is 2. The first kappa shape index (κ1) is 23.4. The predicted octanol–water partition coefficient (Wildman–Crippen LogP) is 3.40. The molecule has 3 rings (SSSR count). The molecule has 9 nitrogen and oxygen atoms in total. The number of anilines is 1. The maximum absolute atomic E-state index is 13.2. The van der Waals surface area contributed by atoms with Crippen LogP contribution in [0.15, 0.2) is 24.4 Å². The number of alkyl halides is 2. The van der Waals surface area contributed by atoms with Crippen LogP contribution in [0.5, 0.6) is 5.88 Å². The van der Waals surface area contributed by atoms with Gasteiger partial charge in [-0.25, -0.2) is 18.6 Å². The molecular formula is C21H27F2N5O4. The predicted molar refractivity (Wildman–Crippen MR) is 112 cm³/mol. The van der Waals surface area contributed by atoms with Crippen molar-refractivity contribution in [1.82, 2.24) is 20.5 Å². The number of carbonyl (C=O) groups excluding carboxylic acids is 2. The van der Waals surface area contributed by atoms with Crippen molar-refractivity contribution in [3.63, 3.8) is 0 Å². The number of pyridine rings is 1. The molecule has 32 heavy (non-hydrogen) atoms. The lowest BCUT2D eigenvalue weighted by atomic mass is 10.0. The molecule has 1 fully saturated rings. The molecule has 2 aromatic rings. The van der Waals surface area contributed by atoms with E-state index in [4.69, 9.17) is 9.47 Å². The Morgan fingerprint density at radius 2 is 2.12 bits per heavy atom. The maximum Gasteiger partial charge on any atom is 0.407 e. The summed E-state index contributed by atoms with van der Waals surface area (Å²) in [6, 6.07) is 3.85. The average molecular weight is 451 g/mol. The molecule has 1 aliphatic carbocycles. The molecule has 1 saturated carbocycles. The molecule has 0 aromatic carbocycles. The third-order valence-electron chi connectivity index (χ3n) is 5.43. The minimum Gasteiger partial charge on any atom is -0.481 e. The minimum atomic E-state index is -3.03. The summed E-state index contributed by atoms with van der Waals surface area (Å²) in [4.78, 5) is 28.2. The standard InChI is InChI=1S/C21H27F2N5O4/c1-12(21(2,22)23)25-20(30)32-15-5-4-14(10-15)16-11-17(28-27-16)26-18(29)8-13-6-7-24-19(9-13)31-3/h6-7,9,11-12,14-15H,4-5,8,10H2,1-3H3,(H,25,30)(H2,26,27,28,29)/t12?,14-,15+/m0/s1. The van der Waals surface area contributed by atoms with Crippen LogP contribution in [-0.4, -0.2) is 52.4 Å². The molecule has 0 saturated heterocycles. The summed E-state index contributed by atoms with van der Waals surface area (Å²) >= 11 is 0. The number of amides is 2. The van der Waals surface area contributed by atoms with Crippen LogP contribution in [0.3, 0.4) is 0 Å². The molecule has 2 amide bonds. The highest BCUT2D eigenvalue weighted by atomic mass is 19.3. The van der Waals surface area contributed by atoms with E-state index in [1.165, 1.54) is 14.0 Å². The topological polar surface area (TPSA) is 118 Å². The van der Waals surface area contributed by atoms with Gasteiger partial charge in [0.15, 0.2) is 5.82 Å². The van der Waals surface area contributed by atoms with Gasteiger partial charge in [-0.15, -0.1) is 0 Å². The van der Waals surface area contributed by atoms with E-state index in [1.807, 2.05) is 0 Å². The lowest BCUT2D eigenvalue weighted by Crippen LogP contribution is -2.44. The molecule has 1 unspecified atom stereocenters. The van der Waals surface area contributed by atoms with Crippen molar-refractivity contribution in [3.05, 3.63) is 35.7 Å². The molecule has 2 aromatic heterocycles. The molecular weight excluding hydrogens is 424 g/mol. The van der Waals surface area contributed by atoms with Gasteiger partial charge in [-0.2, -0.15) is 5.10 Å². The fourth-order valence-electron chi connectivity index (χ4n) is 3.47. The highest BCUT2D eigenvalue weighted by Gasteiger charge is 2.34. The highest BCUT2D eigenvalue weighted by molar-refractivity contribution is 5.91. The second kappa shape index (κ2) is 9.92. The maximum atomic E-state index is 13.2. The van der Waals surface area contributed by atoms with E-state index >= 15 is 0 Å². The van der Waals surface area contributed by atoms with E-state index in [2.05, 4.69) is 25.8 Å². The fourth-order valence-corrected chi connectivity index (χ4v) is 3.47. The molecule has 0 radical (unpaired) electrons. The smallest absolute Gasteiger partial charge is 0.407 e. The van der Waals surface area contributed by atoms with Crippen LogP contribution < -0.4 is 15.4 Å². The van der Waals surface area contributed by atoms with Crippen LogP contribution >= 0.6 is 0 Å². The number of nitrogens with zero attached hydrogens (tertiary/aromatic N) is 2. The van der Waals surface area contributed by atoms with Gasteiger partial charge in [0.05, 0.1) is 19.6 Å². The number of carbonyl (C=O) groups is 2. The zero-order valence-electron chi connectivity index (χ0n) is 18.2. The number of ether oxygens (including phenoxy) is 2. The number of alkyl carbamates (subject to hydrolysis) is 1. The SMILES string of the molecule is COc1cc(CC(=O)Nc2cc([C@H]3CC[C@@H](OC(=O)NC(C)C(C)(F)F)C3)[nH]n2)ccn1.